The standard InChI is InChI=1S/C31H29FN8O2/c1-4-28(41)36-22-10-19(15-33-17-22)20-12-25-30(38-39-31(25)35-16-20)27-14-24-26(37-27)5-6-34-29(24)18-9-21(32)13-23(11-18)42-8-7-40(2)3/h5-6,9-17,37H,4,7-8H2,1-3H3,(H,36,41)(H,35,38,39). The number of rotatable bonds is 9. The van der Waals surface area contributed by atoms with Crippen molar-refractivity contribution in [3.63, 3.8) is 0 Å². The molecule has 5 aromatic heterocycles. The number of anilines is 1. The Hall–Kier alpha value is -5.16. The maximum atomic E-state index is 14.6. The predicted octanol–water partition coefficient (Wildman–Crippen LogP) is 5.66. The highest BCUT2D eigenvalue weighted by molar-refractivity contribution is 6.00. The first kappa shape index (κ1) is 27.0. The van der Waals surface area contributed by atoms with Gasteiger partial charge in [-0.05, 0) is 50.5 Å². The number of carbonyl (C=O) groups is 1. The minimum absolute atomic E-state index is 0.0846. The Labute approximate surface area is 241 Å². The molecule has 0 spiro atoms. The lowest BCUT2D eigenvalue weighted by Crippen LogP contribution is -2.19. The topological polar surface area (TPSA) is 125 Å². The Bertz CT molecular complexity index is 1910. The number of ether oxygens (including phenoxy) is 1. The summed E-state index contributed by atoms with van der Waals surface area (Å²) >= 11 is 0. The molecule has 3 N–H and O–H groups in total. The number of aromatic amines is 2. The molecule has 0 atom stereocenters. The van der Waals surface area contributed by atoms with E-state index in [1.807, 2.05) is 43.3 Å². The molecule has 0 fully saturated rings. The van der Waals surface area contributed by atoms with Crippen molar-refractivity contribution in [2.24, 2.45) is 0 Å². The smallest absolute Gasteiger partial charge is 0.224 e. The summed E-state index contributed by atoms with van der Waals surface area (Å²) in [5.74, 6) is -0.0288. The van der Waals surface area contributed by atoms with Crippen LogP contribution in [0.2, 0.25) is 0 Å². The quantitative estimate of drug-likeness (QED) is 0.207. The fourth-order valence-corrected chi connectivity index (χ4v) is 4.73. The lowest BCUT2D eigenvalue weighted by molar-refractivity contribution is -0.115. The lowest BCUT2D eigenvalue weighted by atomic mass is 10.1. The summed E-state index contributed by atoms with van der Waals surface area (Å²) in [6.45, 7) is 2.96. The van der Waals surface area contributed by atoms with Crippen molar-refractivity contribution >= 4 is 33.5 Å². The van der Waals surface area contributed by atoms with Crippen molar-refractivity contribution in [1.29, 1.82) is 0 Å². The second-order valence-electron chi connectivity index (χ2n) is 10.2. The zero-order valence-corrected chi connectivity index (χ0v) is 23.4. The molecule has 0 saturated carbocycles. The number of pyridine rings is 3. The van der Waals surface area contributed by atoms with Crippen LogP contribution in [0, 0.1) is 5.82 Å². The van der Waals surface area contributed by atoms with E-state index in [0.29, 0.717) is 47.9 Å². The van der Waals surface area contributed by atoms with Crippen molar-refractivity contribution in [2.45, 2.75) is 13.3 Å². The first-order valence-electron chi connectivity index (χ1n) is 13.5. The van der Waals surface area contributed by atoms with Crippen molar-refractivity contribution in [2.75, 3.05) is 32.6 Å². The van der Waals surface area contributed by atoms with Crippen LogP contribution in [-0.2, 0) is 4.79 Å². The minimum atomic E-state index is -0.395. The first-order chi connectivity index (χ1) is 20.4. The van der Waals surface area contributed by atoms with Crippen LogP contribution < -0.4 is 10.1 Å². The molecule has 5 heterocycles. The normalized spacial score (nSPS) is 11.5. The number of amides is 1. The highest BCUT2D eigenvalue weighted by Gasteiger charge is 2.16. The van der Waals surface area contributed by atoms with Crippen LogP contribution in [0.15, 0.2) is 67.3 Å². The molecule has 1 amide bonds. The van der Waals surface area contributed by atoms with Gasteiger partial charge >= 0.3 is 0 Å². The first-order valence-corrected chi connectivity index (χ1v) is 13.5. The maximum absolute atomic E-state index is 14.6. The number of hydrogen-bond donors (Lipinski definition) is 3. The third-order valence-electron chi connectivity index (χ3n) is 6.86. The van der Waals surface area contributed by atoms with Crippen molar-refractivity contribution in [3.05, 3.63) is 73.1 Å². The second-order valence-corrected chi connectivity index (χ2v) is 10.2. The van der Waals surface area contributed by atoms with Crippen molar-refractivity contribution in [3.8, 4) is 39.5 Å². The van der Waals surface area contributed by atoms with Crippen LogP contribution in [0.5, 0.6) is 5.75 Å². The molecule has 212 valence electrons. The Kier molecular flexibility index (Phi) is 7.32. The van der Waals surface area contributed by atoms with Gasteiger partial charge < -0.3 is 19.9 Å². The van der Waals surface area contributed by atoms with Gasteiger partial charge in [0.15, 0.2) is 5.65 Å². The number of likely N-dealkylation sites (N-methyl/N-ethyl adjacent to an activating group) is 1. The molecular weight excluding hydrogens is 535 g/mol. The van der Waals surface area contributed by atoms with Crippen molar-refractivity contribution < 1.29 is 13.9 Å². The van der Waals surface area contributed by atoms with Gasteiger partial charge in [-0.25, -0.2) is 9.37 Å². The van der Waals surface area contributed by atoms with Crippen LogP contribution in [-0.4, -0.2) is 68.2 Å². The van der Waals surface area contributed by atoms with Crippen molar-refractivity contribution in [1.82, 2.24) is 35.0 Å². The summed E-state index contributed by atoms with van der Waals surface area (Å²) in [5, 5.41) is 12.0. The van der Waals surface area contributed by atoms with Crippen LogP contribution in [0.25, 0.3) is 55.7 Å². The van der Waals surface area contributed by atoms with Crippen LogP contribution in [0.4, 0.5) is 10.1 Å². The van der Waals surface area contributed by atoms with Gasteiger partial charge in [0.1, 0.15) is 18.2 Å². The maximum Gasteiger partial charge on any atom is 0.224 e. The Balaban J connectivity index is 1.36. The fraction of sp³-hybridized carbons (Fsp3) is 0.194. The number of halogens is 1. The molecular formula is C31H29FN8O2. The van der Waals surface area contributed by atoms with E-state index in [9.17, 15) is 9.18 Å². The number of carbonyl (C=O) groups excluding carboxylic acids is 1. The number of hydrogen-bond acceptors (Lipinski definition) is 7. The van der Waals surface area contributed by atoms with Gasteiger partial charge in [0, 0.05) is 70.6 Å². The largest absolute Gasteiger partial charge is 0.492 e. The van der Waals surface area contributed by atoms with Gasteiger partial charge in [-0.1, -0.05) is 6.92 Å². The van der Waals surface area contributed by atoms with Gasteiger partial charge in [0.05, 0.1) is 29.0 Å². The Morgan fingerprint density at radius 1 is 1.00 bits per heavy atom. The average Bonchev–Trinajstić information content (AvgIpc) is 3.60. The average molecular weight is 565 g/mol. The van der Waals surface area contributed by atoms with E-state index in [2.05, 4.69) is 35.5 Å². The number of aromatic nitrogens is 6. The molecule has 0 aliphatic heterocycles. The fourth-order valence-electron chi connectivity index (χ4n) is 4.73. The van der Waals surface area contributed by atoms with Gasteiger partial charge in [-0.3, -0.25) is 19.9 Å². The molecule has 6 rings (SSSR count). The molecule has 0 aliphatic carbocycles. The summed E-state index contributed by atoms with van der Waals surface area (Å²) in [7, 11) is 3.91. The molecule has 0 radical (unpaired) electrons. The highest BCUT2D eigenvalue weighted by atomic mass is 19.1. The summed E-state index contributed by atoms with van der Waals surface area (Å²) in [6.07, 6.45) is 7.13. The van der Waals surface area contributed by atoms with Gasteiger partial charge in [0.2, 0.25) is 5.91 Å². The predicted molar refractivity (Wildman–Crippen MR) is 161 cm³/mol. The number of H-pyrrole nitrogens is 2. The molecule has 0 saturated heterocycles. The second kappa shape index (κ2) is 11.4. The summed E-state index contributed by atoms with van der Waals surface area (Å²) in [4.78, 5) is 30.7. The minimum Gasteiger partial charge on any atom is -0.492 e. The summed E-state index contributed by atoms with van der Waals surface area (Å²) in [6, 6.07) is 12.3. The molecule has 11 heteroatoms. The molecule has 10 nitrogen and oxygen atoms in total. The number of fused-ring (bicyclic) bond motifs is 2. The van der Waals surface area contributed by atoms with E-state index in [4.69, 9.17) is 4.74 Å². The number of nitrogens with one attached hydrogen (secondary N) is 3. The molecule has 0 unspecified atom stereocenters. The van der Waals surface area contributed by atoms with Crippen LogP contribution in [0.1, 0.15) is 13.3 Å². The SMILES string of the molecule is CCC(=O)Nc1cncc(-c2cnc3n[nH]c(-c4cc5c(-c6cc(F)cc(OCCN(C)C)c6)nccc5[nH]4)c3c2)c1. The van der Waals surface area contributed by atoms with E-state index < -0.39 is 5.82 Å². The number of nitrogens with zero attached hydrogens (tertiary/aromatic N) is 5. The summed E-state index contributed by atoms with van der Waals surface area (Å²) in [5.41, 5.74) is 6.42. The van der Waals surface area contributed by atoms with Gasteiger partial charge in [-0.2, -0.15) is 5.10 Å². The zero-order chi connectivity index (χ0) is 29.2. The molecule has 42 heavy (non-hydrogen) atoms. The molecule has 6 aromatic rings. The highest BCUT2D eigenvalue weighted by Crippen LogP contribution is 2.35. The Morgan fingerprint density at radius 2 is 1.86 bits per heavy atom. The monoisotopic (exact) mass is 564 g/mol. The lowest BCUT2D eigenvalue weighted by Gasteiger charge is -2.12. The third kappa shape index (κ3) is 5.54. The molecule has 0 aliphatic rings. The molecule has 1 aromatic carbocycles. The van der Waals surface area contributed by atoms with E-state index >= 15 is 0 Å². The zero-order valence-electron chi connectivity index (χ0n) is 23.4. The molecule has 0 bridgehead atoms. The van der Waals surface area contributed by atoms with Gasteiger partial charge in [-0.15, -0.1) is 0 Å². The van der Waals surface area contributed by atoms with E-state index in [1.165, 1.54) is 12.1 Å². The number of benzene rings is 1. The Morgan fingerprint density at radius 3 is 2.69 bits per heavy atom. The third-order valence-corrected chi connectivity index (χ3v) is 6.86. The van der Waals surface area contributed by atoms with Crippen LogP contribution in [0.3, 0.4) is 0 Å². The van der Waals surface area contributed by atoms with Gasteiger partial charge in [0.25, 0.3) is 0 Å². The summed E-state index contributed by atoms with van der Waals surface area (Å²) < 4.78 is 20.4. The van der Waals surface area contributed by atoms with E-state index in [1.54, 1.807) is 37.8 Å². The van der Waals surface area contributed by atoms with Crippen LogP contribution >= 0.6 is 0 Å². The van der Waals surface area contributed by atoms with E-state index in [0.717, 1.165) is 38.8 Å². The van der Waals surface area contributed by atoms with E-state index in [-0.39, 0.29) is 5.91 Å².